The zero-order valence-electron chi connectivity index (χ0n) is 15.8. The van der Waals surface area contributed by atoms with Crippen LogP contribution in [-0.2, 0) is 23.7 Å². The van der Waals surface area contributed by atoms with Crippen LogP contribution in [0.2, 0.25) is 0 Å². The molecule has 2 amide bonds. The maximum absolute atomic E-state index is 12.8. The lowest BCUT2D eigenvalue weighted by molar-refractivity contribution is -0.301. The van der Waals surface area contributed by atoms with Gasteiger partial charge >= 0.3 is 6.09 Å². The Morgan fingerprint density at radius 1 is 1.35 bits per heavy atom. The van der Waals surface area contributed by atoms with E-state index in [9.17, 15) is 14.7 Å². The Bertz CT molecular complexity index is 552. The lowest BCUT2D eigenvalue weighted by Crippen LogP contribution is -2.50. The first-order chi connectivity index (χ1) is 12.2. The van der Waals surface area contributed by atoms with Gasteiger partial charge in [0.15, 0.2) is 18.1 Å². The molecule has 0 aromatic carbocycles. The summed E-state index contributed by atoms with van der Waals surface area (Å²) in [7, 11) is 0. The number of ether oxygens (including phenoxy) is 4. The number of aliphatic hydroxyl groups is 1. The Labute approximate surface area is 153 Å². The molecule has 0 aromatic rings. The van der Waals surface area contributed by atoms with Gasteiger partial charge in [-0.1, -0.05) is 33.1 Å². The second kappa shape index (κ2) is 7.42. The van der Waals surface area contributed by atoms with Crippen LogP contribution >= 0.6 is 0 Å². The van der Waals surface area contributed by atoms with E-state index in [0.717, 1.165) is 24.2 Å². The normalized spacial score (nSPS) is 34.8. The molecule has 0 spiro atoms. The van der Waals surface area contributed by atoms with Gasteiger partial charge in [0.05, 0.1) is 18.6 Å². The van der Waals surface area contributed by atoms with Crippen LogP contribution in [0.3, 0.4) is 0 Å². The van der Waals surface area contributed by atoms with Crippen molar-refractivity contribution in [2.75, 3.05) is 6.61 Å². The summed E-state index contributed by atoms with van der Waals surface area (Å²) >= 11 is 0. The number of fused-ring (bicyclic) bond motifs is 3. The Morgan fingerprint density at radius 3 is 2.77 bits per heavy atom. The smallest absolute Gasteiger partial charge is 0.419 e. The van der Waals surface area contributed by atoms with Gasteiger partial charge in [0, 0.05) is 0 Å². The lowest BCUT2D eigenvalue weighted by atomic mass is 9.97. The van der Waals surface area contributed by atoms with Crippen LogP contribution in [0.4, 0.5) is 4.79 Å². The van der Waals surface area contributed by atoms with E-state index < -0.39 is 54.3 Å². The number of unbranched alkanes of at least 4 members (excludes halogenated alkanes) is 2. The van der Waals surface area contributed by atoms with Gasteiger partial charge in [0.2, 0.25) is 5.91 Å². The summed E-state index contributed by atoms with van der Waals surface area (Å²) in [5.41, 5.74) is 0. The molecule has 8 nitrogen and oxygen atoms in total. The molecule has 148 valence electrons. The highest BCUT2D eigenvalue weighted by molar-refractivity contribution is 5.95. The second-order valence-corrected chi connectivity index (χ2v) is 7.77. The van der Waals surface area contributed by atoms with Crippen molar-refractivity contribution in [2.45, 2.75) is 89.8 Å². The number of hydrogen-bond donors (Lipinski definition) is 1. The molecule has 3 heterocycles. The van der Waals surface area contributed by atoms with Crippen LogP contribution in [0.25, 0.3) is 0 Å². The van der Waals surface area contributed by atoms with Crippen LogP contribution in [0.1, 0.15) is 53.4 Å². The minimum atomic E-state index is -0.840. The van der Waals surface area contributed by atoms with E-state index in [1.807, 2.05) is 0 Å². The molecule has 0 aromatic heterocycles. The summed E-state index contributed by atoms with van der Waals surface area (Å²) in [4.78, 5) is 26.1. The van der Waals surface area contributed by atoms with Crippen LogP contribution in [0.15, 0.2) is 0 Å². The van der Waals surface area contributed by atoms with Crippen molar-refractivity contribution in [3.05, 3.63) is 0 Å². The Balaban J connectivity index is 1.67. The first-order valence-electron chi connectivity index (χ1n) is 9.44. The third kappa shape index (κ3) is 3.60. The number of hydrogen-bond acceptors (Lipinski definition) is 7. The number of imide groups is 1. The summed E-state index contributed by atoms with van der Waals surface area (Å²) in [6.07, 6.45) is -0.549. The average molecular weight is 371 g/mol. The monoisotopic (exact) mass is 371 g/mol. The van der Waals surface area contributed by atoms with E-state index in [2.05, 4.69) is 6.92 Å². The van der Waals surface area contributed by atoms with Crippen LogP contribution in [-0.4, -0.2) is 65.0 Å². The molecule has 0 radical (unpaired) electrons. The Kier molecular flexibility index (Phi) is 5.58. The molecule has 26 heavy (non-hydrogen) atoms. The standard InChI is InChI=1S/C18H29NO7/c1-5-6-7-8-11(20)10(2)15(21)19-16-14(25-17(19)22)13-12(24-16)9-23-18(3,4)26-13/h10-14,16,20H,5-9H2,1-4H3/t10-,11+,12-,13+,14-,16+/m1/s1. The minimum Gasteiger partial charge on any atom is -0.438 e. The molecule has 0 saturated carbocycles. The molecule has 3 aliphatic rings. The van der Waals surface area contributed by atoms with Gasteiger partial charge < -0.3 is 24.1 Å². The number of nitrogens with zero attached hydrogens (tertiary/aromatic N) is 1. The van der Waals surface area contributed by atoms with E-state index in [0.29, 0.717) is 13.0 Å². The van der Waals surface area contributed by atoms with Crippen molar-refractivity contribution >= 4 is 12.0 Å². The fourth-order valence-corrected chi connectivity index (χ4v) is 3.69. The topological polar surface area (TPSA) is 94.5 Å². The summed E-state index contributed by atoms with van der Waals surface area (Å²) in [5, 5.41) is 10.3. The Morgan fingerprint density at radius 2 is 2.08 bits per heavy atom. The highest BCUT2D eigenvalue weighted by Gasteiger charge is 2.61. The van der Waals surface area contributed by atoms with Crippen LogP contribution in [0.5, 0.6) is 0 Å². The molecule has 1 N–H and O–H groups in total. The predicted octanol–water partition coefficient (Wildman–Crippen LogP) is 1.79. The summed E-state index contributed by atoms with van der Waals surface area (Å²) in [6, 6.07) is 0. The van der Waals surface area contributed by atoms with Gasteiger partial charge in [-0.15, -0.1) is 0 Å². The molecule has 6 atom stereocenters. The summed E-state index contributed by atoms with van der Waals surface area (Å²) in [5.74, 6) is -1.99. The van der Waals surface area contributed by atoms with E-state index in [-0.39, 0.29) is 0 Å². The van der Waals surface area contributed by atoms with Gasteiger partial charge in [-0.2, -0.15) is 0 Å². The highest BCUT2D eigenvalue weighted by Crippen LogP contribution is 2.40. The van der Waals surface area contributed by atoms with Gasteiger partial charge in [-0.25, -0.2) is 9.69 Å². The van der Waals surface area contributed by atoms with E-state index in [1.165, 1.54) is 0 Å². The fraction of sp³-hybridized carbons (Fsp3) is 0.889. The number of amides is 2. The van der Waals surface area contributed by atoms with Gasteiger partial charge in [-0.05, 0) is 20.3 Å². The molecule has 3 saturated heterocycles. The predicted molar refractivity (Wildman–Crippen MR) is 90.0 cm³/mol. The van der Waals surface area contributed by atoms with Crippen molar-refractivity contribution in [1.29, 1.82) is 0 Å². The van der Waals surface area contributed by atoms with Crippen molar-refractivity contribution in [1.82, 2.24) is 4.90 Å². The largest absolute Gasteiger partial charge is 0.438 e. The quantitative estimate of drug-likeness (QED) is 0.711. The van der Waals surface area contributed by atoms with Gasteiger partial charge in [0.25, 0.3) is 0 Å². The molecule has 3 fully saturated rings. The third-order valence-electron chi connectivity index (χ3n) is 5.30. The zero-order valence-corrected chi connectivity index (χ0v) is 15.8. The highest BCUT2D eigenvalue weighted by atomic mass is 16.8. The maximum atomic E-state index is 12.8. The van der Waals surface area contributed by atoms with Gasteiger partial charge in [0.1, 0.15) is 12.2 Å². The lowest BCUT2D eigenvalue weighted by Gasteiger charge is -2.37. The number of rotatable bonds is 6. The zero-order chi connectivity index (χ0) is 19.1. The Hall–Kier alpha value is -1.22. The molecule has 3 rings (SSSR count). The SMILES string of the molecule is CCCCC[C@H](O)[C@@H](C)C(=O)N1C(=O)O[C@@H]2[C@H]3OC(C)(C)OC[C@H]3O[C@@H]21. The summed E-state index contributed by atoms with van der Waals surface area (Å²) in [6.45, 7) is 7.57. The van der Waals surface area contributed by atoms with E-state index in [4.69, 9.17) is 18.9 Å². The number of carbonyl (C=O) groups excluding carboxylic acids is 2. The fourth-order valence-electron chi connectivity index (χ4n) is 3.69. The van der Waals surface area contributed by atoms with Crippen molar-refractivity contribution in [3.63, 3.8) is 0 Å². The first-order valence-corrected chi connectivity index (χ1v) is 9.44. The van der Waals surface area contributed by atoms with E-state index in [1.54, 1.807) is 20.8 Å². The molecule has 0 aliphatic carbocycles. The first kappa shape index (κ1) is 19.5. The van der Waals surface area contributed by atoms with Crippen molar-refractivity contribution in [2.24, 2.45) is 5.92 Å². The van der Waals surface area contributed by atoms with Crippen molar-refractivity contribution in [3.8, 4) is 0 Å². The average Bonchev–Trinajstić information content (AvgIpc) is 3.07. The third-order valence-corrected chi connectivity index (χ3v) is 5.30. The van der Waals surface area contributed by atoms with Crippen molar-refractivity contribution < 1.29 is 33.6 Å². The number of aliphatic hydroxyl groups excluding tert-OH is 1. The van der Waals surface area contributed by atoms with Crippen LogP contribution in [0, 0.1) is 5.92 Å². The second-order valence-electron chi connectivity index (χ2n) is 7.77. The van der Waals surface area contributed by atoms with Crippen LogP contribution < -0.4 is 0 Å². The molecule has 0 unspecified atom stereocenters. The minimum absolute atomic E-state index is 0.305. The molecular weight excluding hydrogens is 342 g/mol. The molecule has 3 aliphatic heterocycles. The van der Waals surface area contributed by atoms with Gasteiger partial charge in [-0.3, -0.25) is 4.79 Å². The maximum Gasteiger partial charge on any atom is 0.419 e. The molecule has 0 bridgehead atoms. The molecule has 8 heteroatoms. The molecular formula is C18H29NO7. The van der Waals surface area contributed by atoms with E-state index >= 15 is 0 Å². The number of carbonyl (C=O) groups is 2. The summed E-state index contributed by atoms with van der Waals surface area (Å²) < 4.78 is 22.7.